The molecule has 0 radical (unpaired) electrons. The van der Waals surface area contributed by atoms with Gasteiger partial charge in [0.25, 0.3) is 5.91 Å². The van der Waals surface area contributed by atoms with Crippen molar-refractivity contribution in [1.29, 1.82) is 0 Å². The Hall–Kier alpha value is -1.78. The Morgan fingerprint density at radius 2 is 2.15 bits per heavy atom. The lowest BCUT2D eigenvalue weighted by Gasteiger charge is -2.38. The minimum atomic E-state index is -0.993. The predicted molar refractivity (Wildman–Crippen MR) is 73.7 cm³/mol. The second-order valence-corrected chi connectivity index (χ2v) is 6.28. The summed E-state index contributed by atoms with van der Waals surface area (Å²) in [5.41, 5.74) is 1.23. The molecular formula is C15H21NO4. The molecule has 1 saturated heterocycles. The van der Waals surface area contributed by atoms with Crippen LogP contribution in [0.1, 0.15) is 48.4 Å². The highest BCUT2D eigenvalue weighted by atomic mass is 16.4. The van der Waals surface area contributed by atoms with Crippen LogP contribution in [0.15, 0.2) is 10.7 Å². The van der Waals surface area contributed by atoms with E-state index >= 15 is 0 Å². The number of aliphatic carboxylic acids is 1. The molecule has 1 amide bonds. The van der Waals surface area contributed by atoms with E-state index in [0.29, 0.717) is 17.7 Å². The molecule has 1 fully saturated rings. The molecule has 0 aliphatic carbocycles. The van der Waals surface area contributed by atoms with E-state index in [1.807, 2.05) is 4.90 Å². The maximum absolute atomic E-state index is 12.6. The van der Waals surface area contributed by atoms with Crippen LogP contribution < -0.4 is 0 Å². The first-order valence-corrected chi connectivity index (χ1v) is 6.88. The van der Waals surface area contributed by atoms with Crippen molar-refractivity contribution in [1.82, 2.24) is 4.90 Å². The summed E-state index contributed by atoms with van der Waals surface area (Å²) in [6.07, 6.45) is 3.28. The Labute approximate surface area is 118 Å². The van der Waals surface area contributed by atoms with Gasteiger partial charge in [-0.25, -0.2) is 0 Å². The zero-order valence-electron chi connectivity index (χ0n) is 12.2. The van der Waals surface area contributed by atoms with E-state index in [-0.39, 0.29) is 23.5 Å². The van der Waals surface area contributed by atoms with Gasteiger partial charge in [-0.15, -0.1) is 0 Å². The summed E-state index contributed by atoms with van der Waals surface area (Å²) in [4.78, 5) is 25.3. The number of hydrogen-bond acceptors (Lipinski definition) is 3. The number of aryl methyl sites for hydroxylation is 1. The maximum Gasteiger partial charge on any atom is 0.311 e. The molecule has 20 heavy (non-hydrogen) atoms. The number of nitrogens with zero attached hydrogens (tertiary/aromatic N) is 1. The molecule has 5 nitrogen and oxygen atoms in total. The van der Waals surface area contributed by atoms with Gasteiger partial charge in [-0.1, -0.05) is 13.8 Å². The Morgan fingerprint density at radius 3 is 2.75 bits per heavy atom. The number of carbonyl (C=O) groups excluding carboxylic acids is 1. The fourth-order valence-electron chi connectivity index (χ4n) is 2.81. The van der Waals surface area contributed by atoms with Gasteiger partial charge in [0, 0.05) is 18.7 Å². The molecule has 0 aromatic carbocycles. The number of carboxylic acids is 1. The van der Waals surface area contributed by atoms with E-state index in [2.05, 4.69) is 13.8 Å². The van der Waals surface area contributed by atoms with Gasteiger partial charge in [0.05, 0.1) is 11.8 Å². The molecule has 1 aromatic rings. The van der Waals surface area contributed by atoms with Gasteiger partial charge in [-0.3, -0.25) is 9.59 Å². The predicted octanol–water partition coefficient (Wildman–Crippen LogP) is 2.48. The summed E-state index contributed by atoms with van der Waals surface area (Å²) in [5, 5.41) is 8.89. The molecule has 2 heterocycles. The normalized spacial score (nSPS) is 18.1. The van der Waals surface area contributed by atoms with Crippen LogP contribution in [0.25, 0.3) is 0 Å². The van der Waals surface area contributed by atoms with Crippen molar-refractivity contribution in [2.24, 2.45) is 5.41 Å². The number of carboxylic acid groups (broad SMARTS) is 1. The fourth-order valence-corrected chi connectivity index (χ4v) is 2.81. The first-order valence-electron chi connectivity index (χ1n) is 6.88. The fraction of sp³-hybridized carbons (Fsp3) is 0.600. The molecule has 1 aliphatic rings. The smallest absolute Gasteiger partial charge is 0.311 e. The summed E-state index contributed by atoms with van der Waals surface area (Å²) in [5.74, 6) is -0.851. The SMILES string of the molecule is Cc1coc(CC(=O)O)c1C(=O)N1CCCC(C)(C)C1. The van der Waals surface area contributed by atoms with Crippen LogP contribution in [-0.2, 0) is 11.2 Å². The first kappa shape index (κ1) is 14.6. The molecule has 5 heteroatoms. The Kier molecular flexibility index (Phi) is 3.88. The highest BCUT2D eigenvalue weighted by Crippen LogP contribution is 2.30. The maximum atomic E-state index is 12.6. The van der Waals surface area contributed by atoms with Gasteiger partial charge in [-0.05, 0) is 25.2 Å². The van der Waals surface area contributed by atoms with Crippen LogP contribution in [-0.4, -0.2) is 35.0 Å². The molecule has 1 aromatic heterocycles. The van der Waals surface area contributed by atoms with E-state index in [4.69, 9.17) is 9.52 Å². The zero-order chi connectivity index (χ0) is 14.9. The number of hydrogen-bond donors (Lipinski definition) is 1. The van der Waals surface area contributed by atoms with Crippen molar-refractivity contribution >= 4 is 11.9 Å². The molecule has 0 saturated carbocycles. The van der Waals surface area contributed by atoms with Crippen LogP contribution >= 0.6 is 0 Å². The molecule has 110 valence electrons. The lowest BCUT2D eigenvalue weighted by molar-refractivity contribution is -0.136. The summed E-state index contributed by atoms with van der Waals surface area (Å²) in [6.45, 7) is 7.49. The van der Waals surface area contributed by atoms with E-state index in [1.165, 1.54) is 6.26 Å². The van der Waals surface area contributed by atoms with Crippen LogP contribution in [0.5, 0.6) is 0 Å². The molecule has 0 atom stereocenters. The molecule has 2 rings (SSSR count). The van der Waals surface area contributed by atoms with Gasteiger partial charge >= 0.3 is 5.97 Å². The first-order chi connectivity index (χ1) is 9.30. The van der Waals surface area contributed by atoms with Crippen molar-refractivity contribution in [2.45, 2.75) is 40.0 Å². The average molecular weight is 279 g/mol. The second kappa shape index (κ2) is 5.31. The van der Waals surface area contributed by atoms with E-state index in [0.717, 1.165) is 19.4 Å². The van der Waals surface area contributed by atoms with Gasteiger partial charge in [0.1, 0.15) is 12.2 Å². The number of furan rings is 1. The molecule has 1 N–H and O–H groups in total. The molecule has 0 unspecified atom stereocenters. The van der Waals surface area contributed by atoms with Crippen molar-refractivity contribution in [3.8, 4) is 0 Å². The van der Waals surface area contributed by atoms with Crippen molar-refractivity contribution in [2.75, 3.05) is 13.1 Å². The summed E-state index contributed by atoms with van der Waals surface area (Å²) < 4.78 is 5.24. The highest BCUT2D eigenvalue weighted by Gasteiger charge is 2.32. The van der Waals surface area contributed by atoms with E-state index < -0.39 is 5.97 Å². The van der Waals surface area contributed by atoms with Crippen molar-refractivity contribution < 1.29 is 19.1 Å². The van der Waals surface area contributed by atoms with Crippen molar-refractivity contribution in [3.05, 3.63) is 23.2 Å². The topological polar surface area (TPSA) is 70.7 Å². The Balaban J connectivity index is 2.24. The lowest BCUT2D eigenvalue weighted by Crippen LogP contribution is -2.43. The quantitative estimate of drug-likeness (QED) is 0.922. The van der Waals surface area contributed by atoms with Crippen LogP contribution in [0, 0.1) is 12.3 Å². The molecule has 1 aliphatic heterocycles. The summed E-state index contributed by atoms with van der Waals surface area (Å²) >= 11 is 0. The lowest BCUT2D eigenvalue weighted by atomic mass is 9.84. The van der Waals surface area contributed by atoms with Crippen LogP contribution in [0.3, 0.4) is 0 Å². The van der Waals surface area contributed by atoms with Crippen LogP contribution in [0.4, 0.5) is 0 Å². The standard InChI is InChI=1S/C15H21NO4/c1-10-8-20-11(7-12(17)18)13(10)14(19)16-6-4-5-15(2,3)9-16/h8H,4-7,9H2,1-3H3,(H,17,18). The minimum absolute atomic E-state index is 0.110. The van der Waals surface area contributed by atoms with Gasteiger partial charge in [0.15, 0.2) is 0 Å². The number of amides is 1. The van der Waals surface area contributed by atoms with Gasteiger partial charge in [-0.2, -0.15) is 0 Å². The monoisotopic (exact) mass is 279 g/mol. The Bertz CT molecular complexity index is 530. The molecule has 0 spiro atoms. The third kappa shape index (κ3) is 3.03. The number of carbonyl (C=O) groups is 2. The largest absolute Gasteiger partial charge is 0.481 e. The highest BCUT2D eigenvalue weighted by molar-refractivity contribution is 5.97. The van der Waals surface area contributed by atoms with Gasteiger partial charge < -0.3 is 14.4 Å². The summed E-state index contributed by atoms with van der Waals surface area (Å²) in [7, 11) is 0. The number of rotatable bonds is 3. The zero-order valence-corrected chi connectivity index (χ0v) is 12.2. The van der Waals surface area contributed by atoms with E-state index in [9.17, 15) is 9.59 Å². The van der Waals surface area contributed by atoms with E-state index in [1.54, 1.807) is 6.92 Å². The van der Waals surface area contributed by atoms with Gasteiger partial charge in [0.2, 0.25) is 0 Å². The molecule has 0 bridgehead atoms. The second-order valence-electron chi connectivity index (χ2n) is 6.28. The van der Waals surface area contributed by atoms with Crippen molar-refractivity contribution in [3.63, 3.8) is 0 Å². The summed E-state index contributed by atoms with van der Waals surface area (Å²) in [6, 6.07) is 0. The third-order valence-electron chi connectivity index (χ3n) is 3.76. The average Bonchev–Trinajstić information content (AvgIpc) is 2.67. The molecular weight excluding hydrogens is 258 g/mol. The minimum Gasteiger partial charge on any atom is -0.481 e. The van der Waals surface area contributed by atoms with Crippen LogP contribution in [0.2, 0.25) is 0 Å². The number of piperidine rings is 1. The number of likely N-dealkylation sites (tertiary alicyclic amines) is 1. The third-order valence-corrected chi connectivity index (χ3v) is 3.76. The Morgan fingerprint density at radius 1 is 1.45 bits per heavy atom.